The Hall–Kier alpha value is -3.10. The summed E-state index contributed by atoms with van der Waals surface area (Å²) in [5, 5.41) is 3.36. The van der Waals surface area contributed by atoms with Crippen LogP contribution in [0.3, 0.4) is 0 Å². The number of nitrogen functional groups attached to an aromatic ring is 1. The number of pyridine rings is 1. The summed E-state index contributed by atoms with van der Waals surface area (Å²) in [6.45, 7) is 2.92. The lowest BCUT2D eigenvalue weighted by Crippen LogP contribution is -2.47. The molecule has 0 atom stereocenters. The monoisotopic (exact) mass is 354 g/mol. The van der Waals surface area contributed by atoms with E-state index in [0.29, 0.717) is 30.5 Å². The summed E-state index contributed by atoms with van der Waals surface area (Å²) >= 11 is 0. The highest BCUT2D eigenvalue weighted by atomic mass is 16.1. The van der Waals surface area contributed by atoms with Crippen LogP contribution >= 0.6 is 0 Å². The zero-order valence-electron chi connectivity index (χ0n) is 14.4. The van der Waals surface area contributed by atoms with E-state index in [1.807, 2.05) is 6.07 Å². The van der Waals surface area contributed by atoms with Crippen molar-refractivity contribution in [1.29, 1.82) is 0 Å². The van der Waals surface area contributed by atoms with Crippen LogP contribution in [0, 0.1) is 0 Å². The van der Waals surface area contributed by atoms with Crippen molar-refractivity contribution in [3.05, 3.63) is 30.0 Å². The van der Waals surface area contributed by atoms with Gasteiger partial charge in [-0.1, -0.05) is 0 Å². The van der Waals surface area contributed by atoms with E-state index in [9.17, 15) is 4.79 Å². The summed E-state index contributed by atoms with van der Waals surface area (Å²) in [6.07, 6.45) is 4.02. The van der Waals surface area contributed by atoms with E-state index in [-0.39, 0.29) is 5.95 Å². The number of hydrogen-bond acceptors (Lipinski definition) is 8. The molecule has 0 unspecified atom stereocenters. The second-order valence-corrected chi connectivity index (χ2v) is 6.60. The van der Waals surface area contributed by atoms with Gasteiger partial charge in [-0.15, -0.1) is 0 Å². The lowest BCUT2D eigenvalue weighted by atomic mass is 10.2. The van der Waals surface area contributed by atoms with Crippen LogP contribution in [0.25, 0.3) is 0 Å². The molecule has 9 nitrogen and oxygen atoms in total. The second kappa shape index (κ2) is 6.66. The molecular formula is C17H22N8O. The molecule has 0 bridgehead atoms. The number of carbonyl (C=O) groups excluding carboxylic acids is 1. The van der Waals surface area contributed by atoms with Gasteiger partial charge in [-0.3, -0.25) is 4.79 Å². The number of aromatic nitrogens is 3. The van der Waals surface area contributed by atoms with Crippen molar-refractivity contribution >= 4 is 29.3 Å². The van der Waals surface area contributed by atoms with E-state index >= 15 is 0 Å². The highest BCUT2D eigenvalue weighted by molar-refractivity contribution is 5.97. The van der Waals surface area contributed by atoms with Gasteiger partial charge in [0.05, 0.1) is 5.56 Å². The first kappa shape index (κ1) is 16.4. The van der Waals surface area contributed by atoms with Crippen molar-refractivity contribution < 1.29 is 4.79 Å². The predicted octanol–water partition coefficient (Wildman–Crippen LogP) is 0.454. The minimum Gasteiger partial charge on any atom is -0.368 e. The Balaban J connectivity index is 1.47. The molecular weight excluding hydrogens is 332 g/mol. The fourth-order valence-electron chi connectivity index (χ4n) is 3.11. The van der Waals surface area contributed by atoms with Crippen LogP contribution in [0.1, 0.15) is 23.2 Å². The Morgan fingerprint density at radius 1 is 1.15 bits per heavy atom. The Bertz CT molecular complexity index is 814. The van der Waals surface area contributed by atoms with Crippen LogP contribution in [0.4, 0.5) is 23.4 Å². The molecule has 9 heteroatoms. The van der Waals surface area contributed by atoms with Crippen molar-refractivity contribution in [3.63, 3.8) is 0 Å². The van der Waals surface area contributed by atoms with Crippen molar-refractivity contribution in [2.75, 3.05) is 47.0 Å². The summed E-state index contributed by atoms with van der Waals surface area (Å²) in [4.78, 5) is 28.8. The van der Waals surface area contributed by atoms with Gasteiger partial charge in [-0.25, -0.2) is 4.98 Å². The third kappa shape index (κ3) is 3.46. The lowest BCUT2D eigenvalue weighted by molar-refractivity contribution is 0.100. The summed E-state index contributed by atoms with van der Waals surface area (Å²) < 4.78 is 0. The topological polar surface area (TPSA) is 126 Å². The number of piperazine rings is 1. The van der Waals surface area contributed by atoms with Crippen molar-refractivity contribution in [2.24, 2.45) is 5.73 Å². The van der Waals surface area contributed by atoms with Gasteiger partial charge < -0.3 is 26.6 Å². The fraction of sp³-hybridized carbons (Fsp3) is 0.412. The summed E-state index contributed by atoms with van der Waals surface area (Å²) in [5.41, 5.74) is 11.8. The third-order valence-corrected chi connectivity index (χ3v) is 4.61. The van der Waals surface area contributed by atoms with Crippen LogP contribution in [0.5, 0.6) is 0 Å². The Morgan fingerprint density at radius 2 is 1.88 bits per heavy atom. The summed E-state index contributed by atoms with van der Waals surface area (Å²) in [5.74, 6) is 2.04. The molecule has 1 aliphatic carbocycles. The second-order valence-electron chi connectivity index (χ2n) is 6.60. The molecule has 2 aromatic heterocycles. The molecule has 2 aromatic rings. The first-order valence-electron chi connectivity index (χ1n) is 8.76. The number of amides is 1. The van der Waals surface area contributed by atoms with Crippen LogP contribution in [0.2, 0.25) is 0 Å². The zero-order chi connectivity index (χ0) is 18.1. The number of carbonyl (C=O) groups is 1. The van der Waals surface area contributed by atoms with E-state index in [2.05, 4.69) is 30.1 Å². The maximum Gasteiger partial charge on any atom is 0.252 e. The molecule has 1 amide bonds. The van der Waals surface area contributed by atoms with E-state index in [0.717, 1.165) is 24.7 Å². The minimum atomic E-state index is -0.463. The number of hydrogen-bond donors (Lipinski definition) is 3. The van der Waals surface area contributed by atoms with Crippen LogP contribution in [-0.4, -0.2) is 53.1 Å². The van der Waals surface area contributed by atoms with Gasteiger partial charge >= 0.3 is 0 Å². The molecule has 5 N–H and O–H groups in total. The van der Waals surface area contributed by atoms with Crippen molar-refractivity contribution in [1.82, 2.24) is 15.0 Å². The predicted molar refractivity (Wildman–Crippen MR) is 100 cm³/mol. The maximum atomic E-state index is 11.6. The number of nitrogens with zero attached hydrogens (tertiary/aromatic N) is 5. The highest BCUT2D eigenvalue weighted by Crippen LogP contribution is 2.27. The van der Waals surface area contributed by atoms with E-state index in [1.54, 1.807) is 18.3 Å². The quantitative estimate of drug-likeness (QED) is 0.706. The maximum absolute atomic E-state index is 11.6. The number of rotatable bonds is 5. The molecule has 26 heavy (non-hydrogen) atoms. The normalized spacial score (nSPS) is 17.2. The van der Waals surface area contributed by atoms with Crippen LogP contribution in [-0.2, 0) is 0 Å². The van der Waals surface area contributed by atoms with Crippen LogP contribution < -0.4 is 26.6 Å². The average molecular weight is 354 g/mol. The van der Waals surface area contributed by atoms with E-state index in [4.69, 9.17) is 11.5 Å². The molecule has 3 heterocycles. The molecule has 4 rings (SSSR count). The first-order valence-corrected chi connectivity index (χ1v) is 8.76. The molecule has 1 saturated carbocycles. The Kier molecular flexibility index (Phi) is 4.19. The minimum absolute atomic E-state index is 0.272. The number of primary amides is 1. The van der Waals surface area contributed by atoms with Gasteiger partial charge in [0.1, 0.15) is 17.5 Å². The summed E-state index contributed by atoms with van der Waals surface area (Å²) in [6, 6.07) is 5.88. The molecule has 0 radical (unpaired) electrons. The van der Waals surface area contributed by atoms with Crippen LogP contribution in [0.15, 0.2) is 24.4 Å². The Labute approximate surface area is 151 Å². The Morgan fingerprint density at radius 3 is 2.58 bits per heavy atom. The number of anilines is 4. The van der Waals surface area contributed by atoms with E-state index in [1.165, 1.54) is 12.8 Å². The van der Waals surface area contributed by atoms with Crippen molar-refractivity contribution in [3.8, 4) is 0 Å². The first-order chi connectivity index (χ1) is 12.6. The zero-order valence-corrected chi connectivity index (χ0v) is 14.4. The molecule has 2 aliphatic rings. The summed E-state index contributed by atoms with van der Waals surface area (Å²) in [7, 11) is 0. The van der Waals surface area contributed by atoms with Crippen molar-refractivity contribution in [2.45, 2.75) is 18.9 Å². The lowest BCUT2D eigenvalue weighted by Gasteiger charge is -2.36. The number of nitrogens with two attached hydrogens (primary N) is 2. The molecule has 1 saturated heterocycles. The fourth-order valence-corrected chi connectivity index (χ4v) is 3.11. The van der Waals surface area contributed by atoms with Gasteiger partial charge in [0.25, 0.3) is 5.91 Å². The number of nitrogens with one attached hydrogen (secondary N) is 1. The van der Waals surface area contributed by atoms with Gasteiger partial charge in [-0.05, 0) is 25.0 Å². The molecule has 0 spiro atoms. The highest BCUT2D eigenvalue weighted by Gasteiger charge is 2.25. The third-order valence-electron chi connectivity index (χ3n) is 4.61. The smallest absolute Gasteiger partial charge is 0.252 e. The van der Waals surface area contributed by atoms with Gasteiger partial charge in [0.2, 0.25) is 5.95 Å². The standard InChI is InChI=1S/C17H22N8O/c18-15(26)12-2-1-5-20-16(12)25-8-6-24(7-9-25)14-10-13(21-11-3-4-11)22-17(19)23-14/h1-2,5,10-11H,3-4,6-9H2,(H2,18,26)(H3,19,21,22,23). The van der Waals surface area contributed by atoms with Gasteiger partial charge in [-0.2, -0.15) is 9.97 Å². The SMILES string of the molecule is NC(=O)c1cccnc1N1CCN(c2cc(NC3CC3)nc(N)n2)CC1. The van der Waals surface area contributed by atoms with Gasteiger partial charge in [0, 0.05) is 44.5 Å². The largest absolute Gasteiger partial charge is 0.368 e. The van der Waals surface area contributed by atoms with Gasteiger partial charge in [0.15, 0.2) is 0 Å². The molecule has 136 valence electrons. The molecule has 0 aromatic carbocycles. The van der Waals surface area contributed by atoms with E-state index < -0.39 is 5.91 Å². The molecule has 1 aliphatic heterocycles. The molecule has 2 fully saturated rings. The average Bonchev–Trinajstić information content (AvgIpc) is 3.45.